The molecular weight excluding hydrogens is 401 g/mol. The first-order valence-electron chi connectivity index (χ1n) is 12.5. The zero-order valence-electron chi connectivity index (χ0n) is 18.8. The smallest absolute Gasteiger partial charge is 0.309 e. The minimum atomic E-state index is -1.15. The van der Waals surface area contributed by atoms with Crippen LogP contribution in [-0.2, 0) is 25.7 Å². The molecule has 3 nitrogen and oxygen atoms in total. The molecule has 0 atom stereocenters. The fraction of sp³-hybridized carbons (Fsp3) is 0.556. The predicted octanol–water partition coefficient (Wildman–Crippen LogP) is 7.95. The molecule has 3 aliphatic carbocycles. The van der Waals surface area contributed by atoms with Crippen molar-refractivity contribution in [3.63, 3.8) is 0 Å². The molecular formula is C27H34NO2P. The average Bonchev–Trinajstić information content (AvgIpc) is 3.01. The molecule has 1 heterocycles. The molecule has 0 radical (unpaired) electrons. The molecule has 0 amide bonds. The molecule has 1 saturated carbocycles. The zero-order valence-corrected chi connectivity index (χ0v) is 19.7. The molecule has 0 N–H and O–H groups in total. The third-order valence-electron chi connectivity index (χ3n) is 7.95. The first-order chi connectivity index (χ1) is 15.3. The molecule has 31 heavy (non-hydrogen) atoms. The number of fused-ring (bicyclic) bond motifs is 7. The monoisotopic (exact) mass is 435 g/mol. The minimum absolute atomic E-state index is 0.570. The van der Waals surface area contributed by atoms with Crippen LogP contribution in [0.2, 0.25) is 0 Å². The molecule has 164 valence electrons. The van der Waals surface area contributed by atoms with Gasteiger partial charge in [-0.2, -0.15) is 0 Å². The van der Waals surface area contributed by atoms with Crippen LogP contribution in [-0.4, -0.2) is 13.1 Å². The van der Waals surface area contributed by atoms with E-state index in [-0.39, 0.29) is 0 Å². The van der Waals surface area contributed by atoms with Gasteiger partial charge in [0.15, 0.2) is 0 Å². The molecule has 0 aliphatic heterocycles. The first kappa shape index (κ1) is 19.9. The van der Waals surface area contributed by atoms with Crippen LogP contribution in [0.4, 0.5) is 0 Å². The van der Waals surface area contributed by atoms with Crippen molar-refractivity contribution < 1.29 is 8.39 Å². The Morgan fingerprint density at radius 1 is 0.677 bits per heavy atom. The van der Waals surface area contributed by atoms with Gasteiger partial charge in [0, 0.05) is 23.9 Å². The summed E-state index contributed by atoms with van der Waals surface area (Å²) in [4.78, 5) is 0. The van der Waals surface area contributed by atoms with E-state index in [1.165, 1.54) is 116 Å². The van der Waals surface area contributed by atoms with Gasteiger partial charge in [0.05, 0.1) is 0 Å². The number of hydrogen-bond acceptors (Lipinski definition) is 3. The van der Waals surface area contributed by atoms with Crippen LogP contribution in [0.5, 0.6) is 0 Å². The molecule has 1 fully saturated rings. The maximum absolute atomic E-state index is 6.78. The van der Waals surface area contributed by atoms with E-state index in [1.807, 2.05) is 0 Å². The van der Waals surface area contributed by atoms with Gasteiger partial charge in [-0.25, -0.2) is 4.67 Å². The van der Waals surface area contributed by atoms with Crippen LogP contribution in [0.25, 0.3) is 21.9 Å². The van der Waals surface area contributed by atoms with E-state index in [4.69, 9.17) is 8.39 Å². The Morgan fingerprint density at radius 2 is 1.19 bits per heavy atom. The third-order valence-corrected chi connectivity index (χ3v) is 9.50. The second-order valence-electron chi connectivity index (χ2n) is 9.85. The maximum atomic E-state index is 6.78. The number of nitrogens with zero attached hydrogens (tertiary/aromatic N) is 1. The van der Waals surface area contributed by atoms with Crippen molar-refractivity contribution in [3.8, 4) is 0 Å². The van der Waals surface area contributed by atoms with E-state index in [1.54, 1.807) is 0 Å². The van der Waals surface area contributed by atoms with Gasteiger partial charge in [0.1, 0.15) is 11.2 Å². The Balaban J connectivity index is 1.66. The Kier molecular flexibility index (Phi) is 5.36. The van der Waals surface area contributed by atoms with Crippen molar-refractivity contribution in [2.45, 2.75) is 89.5 Å². The van der Waals surface area contributed by atoms with Crippen molar-refractivity contribution in [1.29, 1.82) is 0 Å². The van der Waals surface area contributed by atoms with Gasteiger partial charge in [-0.1, -0.05) is 31.4 Å². The molecule has 2 aromatic carbocycles. The SMILES string of the molecule is CN(C1CCCCC1)p1oc2ccc3c(c2c2c4c(ccc2o1)CCCC4)CCCC3. The molecule has 6 rings (SSSR count). The molecule has 0 bridgehead atoms. The van der Waals surface area contributed by atoms with Crippen molar-refractivity contribution in [2.24, 2.45) is 0 Å². The van der Waals surface area contributed by atoms with Crippen LogP contribution in [0, 0.1) is 0 Å². The van der Waals surface area contributed by atoms with E-state index in [0.717, 1.165) is 11.2 Å². The topological polar surface area (TPSA) is 29.5 Å². The molecule has 1 aromatic heterocycles. The summed E-state index contributed by atoms with van der Waals surface area (Å²) in [5, 5.41) is 2.74. The molecule has 3 aromatic rings. The maximum Gasteiger partial charge on any atom is 0.309 e. The van der Waals surface area contributed by atoms with Crippen molar-refractivity contribution in [3.05, 3.63) is 46.5 Å². The summed E-state index contributed by atoms with van der Waals surface area (Å²) in [6.07, 6.45) is 16.5. The van der Waals surface area contributed by atoms with Crippen LogP contribution < -0.4 is 4.67 Å². The van der Waals surface area contributed by atoms with Gasteiger partial charge in [-0.15, -0.1) is 0 Å². The summed E-state index contributed by atoms with van der Waals surface area (Å²) in [7, 11) is 1.08. The van der Waals surface area contributed by atoms with Gasteiger partial charge in [0.2, 0.25) is 0 Å². The Hall–Kier alpha value is -1.70. The molecule has 0 spiro atoms. The lowest BCUT2D eigenvalue weighted by Crippen LogP contribution is -2.30. The minimum Gasteiger partial charge on any atom is -0.408 e. The van der Waals surface area contributed by atoms with Gasteiger partial charge in [-0.3, -0.25) is 0 Å². The lowest BCUT2D eigenvalue weighted by molar-refractivity contribution is 0.431. The van der Waals surface area contributed by atoms with Gasteiger partial charge in [0.25, 0.3) is 0 Å². The highest BCUT2D eigenvalue weighted by Crippen LogP contribution is 2.44. The Bertz CT molecular complexity index is 1080. The number of rotatable bonds is 2. The average molecular weight is 436 g/mol. The molecule has 0 unspecified atom stereocenters. The second-order valence-corrected chi connectivity index (χ2v) is 11.3. The van der Waals surface area contributed by atoms with Crippen LogP contribution >= 0.6 is 8.16 Å². The van der Waals surface area contributed by atoms with Crippen molar-refractivity contribution >= 4 is 30.1 Å². The molecule has 4 heteroatoms. The van der Waals surface area contributed by atoms with Gasteiger partial charge < -0.3 is 8.39 Å². The normalized spacial score (nSPS) is 19.5. The Morgan fingerprint density at radius 3 is 1.74 bits per heavy atom. The summed E-state index contributed by atoms with van der Waals surface area (Å²) in [6.45, 7) is 0. The number of aryl methyl sites for hydroxylation is 4. The van der Waals surface area contributed by atoms with Crippen molar-refractivity contribution in [2.75, 3.05) is 11.7 Å². The van der Waals surface area contributed by atoms with E-state index < -0.39 is 8.16 Å². The highest BCUT2D eigenvalue weighted by atomic mass is 31.1. The highest BCUT2D eigenvalue weighted by Gasteiger charge is 2.25. The van der Waals surface area contributed by atoms with E-state index in [0.29, 0.717) is 6.04 Å². The Labute approximate surface area is 186 Å². The largest absolute Gasteiger partial charge is 0.408 e. The van der Waals surface area contributed by atoms with Crippen LogP contribution in [0.1, 0.15) is 80.0 Å². The highest BCUT2D eigenvalue weighted by molar-refractivity contribution is 7.38. The molecule has 3 aliphatic rings. The van der Waals surface area contributed by atoms with E-state index in [9.17, 15) is 0 Å². The van der Waals surface area contributed by atoms with Crippen LogP contribution in [0.15, 0.2) is 32.7 Å². The quantitative estimate of drug-likeness (QED) is 0.409. The third kappa shape index (κ3) is 3.55. The predicted molar refractivity (Wildman–Crippen MR) is 131 cm³/mol. The summed E-state index contributed by atoms with van der Waals surface area (Å²) < 4.78 is 16.0. The summed E-state index contributed by atoms with van der Waals surface area (Å²) in [5.74, 6) is 0. The standard InChI is InChI=1S/C27H34NO2P/c1-28(21-11-3-2-4-12-21)31-29-24-17-15-19-9-5-7-13-22(19)26(24)27-23-14-8-6-10-20(23)16-18-25(27)30-31/h15-18,21H,2-14H2,1H3. The lowest BCUT2D eigenvalue weighted by Gasteiger charge is -2.28. The fourth-order valence-corrected chi connectivity index (χ4v) is 7.65. The second kappa shape index (κ2) is 8.34. The first-order valence-corrected chi connectivity index (χ1v) is 13.6. The summed E-state index contributed by atoms with van der Waals surface area (Å²) in [6, 6.07) is 9.75. The van der Waals surface area contributed by atoms with Crippen LogP contribution in [0.3, 0.4) is 0 Å². The molecule has 0 saturated heterocycles. The van der Waals surface area contributed by atoms with Crippen molar-refractivity contribution in [1.82, 2.24) is 0 Å². The fourth-order valence-electron chi connectivity index (χ4n) is 6.22. The zero-order chi connectivity index (χ0) is 20.8. The van der Waals surface area contributed by atoms with E-state index >= 15 is 0 Å². The summed E-state index contributed by atoms with van der Waals surface area (Å²) in [5.41, 5.74) is 8.24. The van der Waals surface area contributed by atoms with E-state index in [2.05, 4.69) is 36.0 Å². The number of benzene rings is 2. The number of hydrogen-bond donors (Lipinski definition) is 0. The summed E-state index contributed by atoms with van der Waals surface area (Å²) >= 11 is 0. The lowest BCUT2D eigenvalue weighted by atomic mass is 9.84. The van der Waals surface area contributed by atoms with Gasteiger partial charge >= 0.3 is 8.16 Å². The van der Waals surface area contributed by atoms with Gasteiger partial charge in [-0.05, 0) is 98.6 Å².